The van der Waals surface area contributed by atoms with E-state index in [0.717, 1.165) is 18.3 Å². The Morgan fingerprint density at radius 3 is 2.59 bits per heavy atom. The van der Waals surface area contributed by atoms with Crippen LogP contribution >= 0.6 is 0 Å². The largest absolute Gasteiger partial charge is 0.379 e. The van der Waals surface area contributed by atoms with Crippen LogP contribution < -0.4 is 5.32 Å². The van der Waals surface area contributed by atoms with Crippen molar-refractivity contribution in [1.29, 1.82) is 0 Å². The van der Waals surface area contributed by atoms with E-state index in [1.54, 1.807) is 0 Å². The molecule has 0 aromatic rings. The third-order valence-electron chi connectivity index (χ3n) is 4.60. The van der Waals surface area contributed by atoms with Crippen LogP contribution in [0, 0.1) is 11.8 Å². The predicted molar refractivity (Wildman–Crippen MR) is 74.3 cm³/mol. The molecule has 1 rings (SSSR count). The summed E-state index contributed by atoms with van der Waals surface area (Å²) >= 11 is 0. The lowest BCUT2D eigenvalue weighted by molar-refractivity contribution is -0.00121. The molecule has 102 valence electrons. The maximum atomic E-state index is 5.57. The highest BCUT2D eigenvalue weighted by Gasteiger charge is 2.31. The lowest BCUT2D eigenvalue weighted by Gasteiger charge is -2.37. The summed E-state index contributed by atoms with van der Waals surface area (Å²) in [5.74, 6) is 1.79. The van der Waals surface area contributed by atoms with Crippen LogP contribution in [0.4, 0.5) is 0 Å². The van der Waals surface area contributed by atoms with Crippen LogP contribution in [0.2, 0.25) is 0 Å². The first-order chi connectivity index (χ1) is 8.02. The summed E-state index contributed by atoms with van der Waals surface area (Å²) in [6.45, 7) is 6.72. The van der Waals surface area contributed by atoms with E-state index < -0.39 is 0 Å². The van der Waals surface area contributed by atoms with E-state index in [-0.39, 0.29) is 5.60 Å². The standard InChI is InChI=1S/C15H31NO/c1-6-12-8-7-9-13(10-12)14(16-4)11-15(2,3)17-5/h12-14,16H,6-11H2,1-5H3. The molecule has 0 heterocycles. The zero-order valence-electron chi connectivity index (χ0n) is 12.4. The summed E-state index contributed by atoms with van der Waals surface area (Å²) in [6, 6.07) is 0.610. The Balaban J connectivity index is 2.54. The molecule has 0 spiro atoms. The van der Waals surface area contributed by atoms with Gasteiger partial charge in [0.1, 0.15) is 0 Å². The molecule has 2 heteroatoms. The predicted octanol–water partition coefficient (Wildman–Crippen LogP) is 3.61. The summed E-state index contributed by atoms with van der Waals surface area (Å²) < 4.78 is 5.57. The fraction of sp³-hybridized carbons (Fsp3) is 1.00. The van der Waals surface area contributed by atoms with Gasteiger partial charge in [0.15, 0.2) is 0 Å². The van der Waals surface area contributed by atoms with Gasteiger partial charge in [0, 0.05) is 13.2 Å². The lowest BCUT2D eigenvalue weighted by atomic mass is 9.74. The fourth-order valence-corrected chi connectivity index (χ4v) is 3.19. The quantitative estimate of drug-likeness (QED) is 0.767. The molecular weight excluding hydrogens is 210 g/mol. The molecule has 1 aliphatic rings. The van der Waals surface area contributed by atoms with E-state index >= 15 is 0 Å². The minimum Gasteiger partial charge on any atom is -0.379 e. The first-order valence-electron chi connectivity index (χ1n) is 7.24. The van der Waals surface area contributed by atoms with Gasteiger partial charge in [-0.1, -0.05) is 26.2 Å². The molecule has 2 nitrogen and oxygen atoms in total. The molecule has 0 bridgehead atoms. The number of rotatable bonds is 6. The summed E-state index contributed by atoms with van der Waals surface area (Å²) in [5.41, 5.74) is -0.00711. The molecule has 0 radical (unpaired) electrons. The monoisotopic (exact) mass is 241 g/mol. The lowest BCUT2D eigenvalue weighted by Crippen LogP contribution is -2.42. The van der Waals surface area contributed by atoms with Crippen molar-refractivity contribution in [2.45, 2.75) is 70.9 Å². The number of nitrogens with one attached hydrogen (secondary N) is 1. The van der Waals surface area contributed by atoms with Crippen LogP contribution in [-0.4, -0.2) is 25.8 Å². The topological polar surface area (TPSA) is 21.3 Å². The minimum atomic E-state index is -0.00711. The van der Waals surface area contributed by atoms with Gasteiger partial charge in [0.2, 0.25) is 0 Å². The molecule has 1 aliphatic carbocycles. The van der Waals surface area contributed by atoms with Gasteiger partial charge in [0.25, 0.3) is 0 Å². The van der Waals surface area contributed by atoms with Gasteiger partial charge < -0.3 is 10.1 Å². The molecule has 0 aliphatic heterocycles. The second-order valence-corrected chi connectivity index (χ2v) is 6.26. The molecule has 1 fully saturated rings. The molecule has 1 N–H and O–H groups in total. The van der Waals surface area contributed by atoms with E-state index in [4.69, 9.17) is 4.74 Å². The second kappa shape index (κ2) is 6.75. The highest BCUT2D eigenvalue weighted by Crippen LogP contribution is 2.35. The van der Waals surface area contributed by atoms with Crippen molar-refractivity contribution in [3.8, 4) is 0 Å². The number of ether oxygens (including phenoxy) is 1. The number of hydrogen-bond donors (Lipinski definition) is 1. The average Bonchev–Trinajstić information content (AvgIpc) is 2.36. The van der Waals surface area contributed by atoms with Gasteiger partial charge in [0.05, 0.1) is 5.60 Å². The Hall–Kier alpha value is -0.0800. The molecule has 3 atom stereocenters. The summed E-state index contributed by atoms with van der Waals surface area (Å²) in [6.07, 6.45) is 8.11. The van der Waals surface area contributed by atoms with Crippen molar-refractivity contribution in [3.63, 3.8) is 0 Å². The zero-order valence-corrected chi connectivity index (χ0v) is 12.4. The van der Waals surface area contributed by atoms with Crippen LogP contribution in [0.5, 0.6) is 0 Å². The van der Waals surface area contributed by atoms with Crippen LogP contribution in [0.15, 0.2) is 0 Å². The van der Waals surface area contributed by atoms with Crippen molar-refractivity contribution in [2.24, 2.45) is 11.8 Å². The van der Waals surface area contributed by atoms with Gasteiger partial charge in [-0.05, 0) is 52.0 Å². The zero-order chi connectivity index (χ0) is 12.9. The SMILES string of the molecule is CCC1CCCC(C(CC(C)(C)OC)NC)C1. The van der Waals surface area contributed by atoms with Crippen molar-refractivity contribution >= 4 is 0 Å². The highest BCUT2D eigenvalue weighted by atomic mass is 16.5. The molecule has 3 unspecified atom stereocenters. The normalized spacial score (nSPS) is 28.1. The smallest absolute Gasteiger partial charge is 0.0637 e. The van der Waals surface area contributed by atoms with E-state index in [1.165, 1.54) is 32.1 Å². The van der Waals surface area contributed by atoms with Crippen LogP contribution in [0.1, 0.15) is 59.3 Å². The van der Waals surface area contributed by atoms with E-state index in [2.05, 4.69) is 33.1 Å². The van der Waals surface area contributed by atoms with Crippen molar-refractivity contribution in [3.05, 3.63) is 0 Å². The minimum absolute atomic E-state index is 0.00711. The van der Waals surface area contributed by atoms with Crippen LogP contribution in [0.25, 0.3) is 0 Å². The molecule has 1 saturated carbocycles. The van der Waals surface area contributed by atoms with Gasteiger partial charge in [-0.2, -0.15) is 0 Å². The molecule has 0 saturated heterocycles. The van der Waals surface area contributed by atoms with E-state index in [9.17, 15) is 0 Å². The Kier molecular flexibility index (Phi) is 5.94. The Morgan fingerprint density at radius 2 is 2.06 bits per heavy atom. The molecule has 0 amide bonds. The first kappa shape index (κ1) is 15.0. The molecule has 0 aromatic carbocycles. The Labute approximate surface area is 108 Å². The average molecular weight is 241 g/mol. The first-order valence-corrected chi connectivity index (χ1v) is 7.24. The molecular formula is C15H31NO. The summed E-state index contributed by atoms with van der Waals surface area (Å²) in [4.78, 5) is 0. The maximum absolute atomic E-state index is 5.57. The molecule has 0 aromatic heterocycles. The summed E-state index contributed by atoms with van der Waals surface area (Å²) in [7, 11) is 3.93. The Bertz CT molecular complexity index is 215. The van der Waals surface area contributed by atoms with Gasteiger partial charge in [-0.25, -0.2) is 0 Å². The fourth-order valence-electron chi connectivity index (χ4n) is 3.19. The van der Waals surface area contributed by atoms with Gasteiger partial charge >= 0.3 is 0 Å². The van der Waals surface area contributed by atoms with Crippen LogP contribution in [-0.2, 0) is 4.74 Å². The highest BCUT2D eigenvalue weighted by molar-refractivity contribution is 4.86. The molecule has 17 heavy (non-hydrogen) atoms. The Morgan fingerprint density at radius 1 is 1.35 bits per heavy atom. The number of methoxy groups -OCH3 is 1. The van der Waals surface area contributed by atoms with Crippen molar-refractivity contribution in [2.75, 3.05) is 14.2 Å². The summed E-state index contributed by atoms with van der Waals surface area (Å²) in [5, 5.41) is 3.53. The second-order valence-electron chi connectivity index (χ2n) is 6.26. The number of hydrogen-bond acceptors (Lipinski definition) is 2. The maximum Gasteiger partial charge on any atom is 0.0637 e. The van der Waals surface area contributed by atoms with E-state index in [0.29, 0.717) is 6.04 Å². The van der Waals surface area contributed by atoms with Gasteiger partial charge in [-0.3, -0.25) is 0 Å². The third kappa shape index (κ3) is 4.59. The van der Waals surface area contributed by atoms with Crippen molar-refractivity contribution in [1.82, 2.24) is 5.32 Å². The van der Waals surface area contributed by atoms with Gasteiger partial charge in [-0.15, -0.1) is 0 Å². The van der Waals surface area contributed by atoms with Crippen LogP contribution in [0.3, 0.4) is 0 Å². The van der Waals surface area contributed by atoms with Crippen molar-refractivity contribution < 1.29 is 4.74 Å². The van der Waals surface area contributed by atoms with E-state index in [1.807, 2.05) is 7.11 Å². The third-order valence-corrected chi connectivity index (χ3v) is 4.60.